The zero-order valence-corrected chi connectivity index (χ0v) is 6.37. The maximum absolute atomic E-state index is 11.1. The quantitative estimate of drug-likeness (QED) is 0.605. The highest BCUT2D eigenvalue weighted by molar-refractivity contribution is 5.98. The van der Waals surface area contributed by atoms with Crippen LogP contribution in [0, 0.1) is 0 Å². The van der Waals surface area contributed by atoms with E-state index in [0.29, 0.717) is 17.8 Å². The molecule has 1 amide bonds. The van der Waals surface area contributed by atoms with Crippen LogP contribution < -0.4 is 5.32 Å². The first-order valence-electron chi connectivity index (χ1n) is 3.68. The van der Waals surface area contributed by atoms with Crippen molar-refractivity contribution in [1.82, 2.24) is 10.3 Å². The summed E-state index contributed by atoms with van der Waals surface area (Å²) in [5.74, 6) is -0.0814. The van der Waals surface area contributed by atoms with Crippen molar-refractivity contribution in [2.24, 2.45) is 0 Å². The van der Waals surface area contributed by atoms with Crippen molar-refractivity contribution in [3.63, 3.8) is 0 Å². The molecule has 2 heterocycles. The Kier molecular flexibility index (Phi) is 1.55. The van der Waals surface area contributed by atoms with Crippen LogP contribution in [-0.2, 0) is 13.2 Å². The van der Waals surface area contributed by atoms with Crippen molar-refractivity contribution in [3.05, 3.63) is 29.1 Å². The Balaban J connectivity index is 2.50. The SMILES string of the molecule is O=C1NCc2cnc(CO)cc21. The fourth-order valence-electron chi connectivity index (χ4n) is 1.24. The molecule has 0 fully saturated rings. The lowest BCUT2D eigenvalue weighted by Gasteiger charge is -1.97. The third-order valence-corrected chi connectivity index (χ3v) is 1.89. The van der Waals surface area contributed by atoms with Gasteiger partial charge < -0.3 is 10.4 Å². The Morgan fingerprint density at radius 3 is 3.25 bits per heavy atom. The molecule has 1 aromatic heterocycles. The molecule has 1 aliphatic heterocycles. The molecule has 0 atom stereocenters. The largest absolute Gasteiger partial charge is 0.390 e. The number of carbonyl (C=O) groups is 1. The number of nitrogens with one attached hydrogen (secondary N) is 1. The lowest BCUT2D eigenvalue weighted by atomic mass is 10.1. The Labute approximate surface area is 69.2 Å². The van der Waals surface area contributed by atoms with Crippen molar-refractivity contribution >= 4 is 5.91 Å². The van der Waals surface area contributed by atoms with Crippen LogP contribution in [0.3, 0.4) is 0 Å². The van der Waals surface area contributed by atoms with E-state index in [1.54, 1.807) is 12.3 Å². The second-order valence-corrected chi connectivity index (χ2v) is 2.67. The number of carbonyl (C=O) groups excluding carboxylic acids is 1. The molecule has 0 saturated heterocycles. The van der Waals surface area contributed by atoms with Gasteiger partial charge >= 0.3 is 0 Å². The van der Waals surface area contributed by atoms with E-state index in [4.69, 9.17) is 5.11 Å². The molecule has 0 spiro atoms. The van der Waals surface area contributed by atoms with Gasteiger partial charge in [0.2, 0.25) is 0 Å². The normalized spacial score (nSPS) is 14.2. The summed E-state index contributed by atoms with van der Waals surface area (Å²) in [5.41, 5.74) is 2.07. The van der Waals surface area contributed by atoms with E-state index < -0.39 is 0 Å². The molecule has 62 valence electrons. The average Bonchev–Trinajstić information content (AvgIpc) is 2.47. The standard InChI is InChI=1S/C8H8N2O2/c11-4-6-1-7-5(2-9-6)3-10-8(7)12/h1-2,11H,3-4H2,(H,10,12). The number of hydrogen-bond donors (Lipinski definition) is 2. The summed E-state index contributed by atoms with van der Waals surface area (Å²) in [6.07, 6.45) is 1.62. The molecule has 4 nitrogen and oxygen atoms in total. The fraction of sp³-hybridized carbons (Fsp3) is 0.250. The van der Waals surface area contributed by atoms with E-state index in [2.05, 4.69) is 10.3 Å². The summed E-state index contributed by atoms with van der Waals surface area (Å²) in [5, 5.41) is 11.4. The van der Waals surface area contributed by atoms with Crippen LogP contribution in [0.5, 0.6) is 0 Å². The monoisotopic (exact) mass is 164 g/mol. The smallest absolute Gasteiger partial charge is 0.252 e. The number of aliphatic hydroxyl groups excluding tert-OH is 1. The van der Waals surface area contributed by atoms with E-state index in [0.717, 1.165) is 5.56 Å². The predicted octanol–water partition coefficient (Wildman–Crippen LogP) is -0.183. The molecular weight excluding hydrogens is 156 g/mol. The van der Waals surface area contributed by atoms with Gasteiger partial charge in [-0.3, -0.25) is 9.78 Å². The van der Waals surface area contributed by atoms with Crippen molar-refractivity contribution in [3.8, 4) is 0 Å². The first kappa shape index (κ1) is 7.24. The molecular formula is C8H8N2O2. The van der Waals surface area contributed by atoms with E-state index in [9.17, 15) is 4.79 Å². The van der Waals surface area contributed by atoms with Gasteiger partial charge in [0.05, 0.1) is 12.3 Å². The number of amides is 1. The molecule has 1 aliphatic rings. The number of aromatic nitrogens is 1. The molecule has 4 heteroatoms. The third-order valence-electron chi connectivity index (χ3n) is 1.89. The van der Waals surface area contributed by atoms with Gasteiger partial charge in [-0.05, 0) is 6.07 Å². The van der Waals surface area contributed by atoms with Crippen LogP contribution >= 0.6 is 0 Å². The Bertz CT molecular complexity index is 336. The molecule has 2 N–H and O–H groups in total. The van der Waals surface area contributed by atoms with Crippen molar-refractivity contribution in [2.45, 2.75) is 13.2 Å². The predicted molar refractivity (Wildman–Crippen MR) is 41.3 cm³/mol. The van der Waals surface area contributed by atoms with Gasteiger partial charge in [0, 0.05) is 23.9 Å². The molecule has 0 aliphatic carbocycles. The van der Waals surface area contributed by atoms with Gasteiger partial charge in [0.25, 0.3) is 5.91 Å². The molecule has 0 saturated carbocycles. The van der Waals surface area contributed by atoms with Gasteiger partial charge in [0.1, 0.15) is 0 Å². The lowest BCUT2D eigenvalue weighted by Crippen LogP contribution is -2.12. The average molecular weight is 164 g/mol. The van der Waals surface area contributed by atoms with Gasteiger partial charge in [-0.2, -0.15) is 0 Å². The zero-order valence-electron chi connectivity index (χ0n) is 6.37. The van der Waals surface area contributed by atoms with Gasteiger partial charge in [-0.1, -0.05) is 0 Å². The Hall–Kier alpha value is -1.42. The summed E-state index contributed by atoms with van der Waals surface area (Å²) < 4.78 is 0. The molecule has 0 unspecified atom stereocenters. The van der Waals surface area contributed by atoms with Gasteiger partial charge in [0.15, 0.2) is 0 Å². The van der Waals surface area contributed by atoms with Crippen LogP contribution in [0.4, 0.5) is 0 Å². The molecule has 0 radical (unpaired) electrons. The molecule has 0 aromatic carbocycles. The highest BCUT2D eigenvalue weighted by Crippen LogP contribution is 2.14. The van der Waals surface area contributed by atoms with Crippen molar-refractivity contribution in [2.75, 3.05) is 0 Å². The number of nitrogens with zero attached hydrogens (tertiary/aromatic N) is 1. The molecule has 2 rings (SSSR count). The van der Waals surface area contributed by atoms with Gasteiger partial charge in [-0.15, -0.1) is 0 Å². The van der Waals surface area contributed by atoms with Crippen LogP contribution in [0.25, 0.3) is 0 Å². The van der Waals surface area contributed by atoms with E-state index in [-0.39, 0.29) is 12.5 Å². The lowest BCUT2D eigenvalue weighted by molar-refractivity contribution is 0.0965. The molecule has 12 heavy (non-hydrogen) atoms. The zero-order chi connectivity index (χ0) is 8.55. The third kappa shape index (κ3) is 0.967. The number of hydrogen-bond acceptors (Lipinski definition) is 3. The summed E-state index contributed by atoms with van der Waals surface area (Å²) in [4.78, 5) is 15.1. The first-order valence-corrected chi connectivity index (χ1v) is 3.68. The minimum absolute atomic E-state index is 0.0814. The topological polar surface area (TPSA) is 62.2 Å². The number of pyridine rings is 1. The van der Waals surface area contributed by atoms with Crippen LogP contribution in [0.2, 0.25) is 0 Å². The maximum atomic E-state index is 11.1. The number of aliphatic hydroxyl groups is 1. The Morgan fingerprint density at radius 1 is 1.67 bits per heavy atom. The van der Waals surface area contributed by atoms with Crippen molar-refractivity contribution in [1.29, 1.82) is 0 Å². The summed E-state index contributed by atoms with van der Waals surface area (Å²) in [6.45, 7) is 0.424. The molecule has 0 bridgehead atoms. The minimum Gasteiger partial charge on any atom is -0.390 e. The van der Waals surface area contributed by atoms with Crippen LogP contribution in [-0.4, -0.2) is 16.0 Å². The highest BCUT2D eigenvalue weighted by Gasteiger charge is 2.18. The second kappa shape index (κ2) is 2.57. The highest BCUT2D eigenvalue weighted by atomic mass is 16.3. The van der Waals surface area contributed by atoms with Crippen LogP contribution in [0.1, 0.15) is 21.6 Å². The number of rotatable bonds is 1. The minimum atomic E-state index is -0.124. The first-order chi connectivity index (χ1) is 5.81. The second-order valence-electron chi connectivity index (χ2n) is 2.67. The summed E-state index contributed by atoms with van der Waals surface area (Å²) >= 11 is 0. The van der Waals surface area contributed by atoms with Crippen molar-refractivity contribution < 1.29 is 9.90 Å². The number of fused-ring (bicyclic) bond motifs is 1. The fourth-order valence-corrected chi connectivity index (χ4v) is 1.24. The van der Waals surface area contributed by atoms with E-state index in [1.165, 1.54) is 0 Å². The van der Waals surface area contributed by atoms with E-state index >= 15 is 0 Å². The van der Waals surface area contributed by atoms with Gasteiger partial charge in [-0.25, -0.2) is 0 Å². The van der Waals surface area contributed by atoms with Crippen LogP contribution in [0.15, 0.2) is 12.3 Å². The maximum Gasteiger partial charge on any atom is 0.252 e. The summed E-state index contributed by atoms with van der Waals surface area (Å²) in [6, 6.07) is 1.62. The summed E-state index contributed by atoms with van der Waals surface area (Å²) in [7, 11) is 0. The molecule has 1 aromatic rings. The Morgan fingerprint density at radius 2 is 2.50 bits per heavy atom. The van der Waals surface area contributed by atoms with E-state index in [1.807, 2.05) is 0 Å².